The number of hydrogen-bond acceptors (Lipinski definition) is 4. The number of aromatic amines is 1. The molecule has 0 aromatic carbocycles. The summed E-state index contributed by atoms with van der Waals surface area (Å²) in [7, 11) is 0. The first kappa shape index (κ1) is 12.8. The van der Waals surface area contributed by atoms with Gasteiger partial charge in [0.2, 0.25) is 0 Å². The maximum atomic E-state index is 12.1. The topological polar surface area (TPSA) is 62.2 Å². The van der Waals surface area contributed by atoms with E-state index < -0.39 is 0 Å². The lowest BCUT2D eigenvalue weighted by molar-refractivity contribution is 0.446. The molecular weight excluding hydrogens is 284 g/mol. The highest BCUT2D eigenvalue weighted by Crippen LogP contribution is 2.30. The number of nitrogens with zero attached hydrogens (tertiary/aromatic N) is 2. The lowest BCUT2D eigenvalue weighted by Crippen LogP contribution is -2.28. The van der Waals surface area contributed by atoms with Crippen LogP contribution in [0, 0.1) is 0 Å². The standard InChI is InChI=1S/C15H16N4OS/c20-14-8-12(10-3-5-16-6-4-10)19-15(18-14)11(9-17-19)13-2-1-7-21-13/h1-2,7-10,16H,3-6H2,(H,18,20). The number of aromatic nitrogens is 3. The Morgan fingerprint density at radius 1 is 1.33 bits per heavy atom. The predicted octanol–water partition coefficient (Wildman–Crippen LogP) is 2.22. The zero-order valence-electron chi connectivity index (χ0n) is 11.5. The highest BCUT2D eigenvalue weighted by Gasteiger charge is 2.20. The Kier molecular flexibility index (Phi) is 3.12. The molecule has 0 atom stereocenters. The van der Waals surface area contributed by atoms with Gasteiger partial charge in [-0.25, -0.2) is 4.52 Å². The molecule has 0 saturated carbocycles. The maximum Gasteiger partial charge on any atom is 0.251 e. The fraction of sp³-hybridized carbons (Fsp3) is 0.333. The molecule has 1 aliphatic rings. The summed E-state index contributed by atoms with van der Waals surface area (Å²) in [6.07, 6.45) is 3.95. The van der Waals surface area contributed by atoms with Crippen molar-refractivity contribution in [3.8, 4) is 10.4 Å². The number of rotatable bonds is 2. The molecule has 6 heteroatoms. The summed E-state index contributed by atoms with van der Waals surface area (Å²) in [6, 6.07) is 5.77. The molecule has 1 aliphatic heterocycles. The highest BCUT2D eigenvalue weighted by molar-refractivity contribution is 7.13. The van der Waals surface area contributed by atoms with E-state index in [1.54, 1.807) is 17.4 Å². The Labute approximate surface area is 125 Å². The fourth-order valence-corrected chi connectivity index (χ4v) is 3.77. The van der Waals surface area contributed by atoms with E-state index in [-0.39, 0.29) is 5.56 Å². The molecule has 1 fully saturated rings. The summed E-state index contributed by atoms with van der Waals surface area (Å²) in [6.45, 7) is 2.00. The van der Waals surface area contributed by atoms with Gasteiger partial charge in [0, 0.05) is 16.9 Å². The van der Waals surface area contributed by atoms with Gasteiger partial charge in [-0.1, -0.05) is 6.07 Å². The van der Waals surface area contributed by atoms with Crippen molar-refractivity contribution in [2.75, 3.05) is 13.1 Å². The smallest absolute Gasteiger partial charge is 0.251 e. The molecule has 0 aliphatic carbocycles. The summed E-state index contributed by atoms with van der Waals surface area (Å²) < 4.78 is 1.91. The van der Waals surface area contributed by atoms with E-state index in [0.717, 1.165) is 47.7 Å². The number of nitrogens with one attached hydrogen (secondary N) is 2. The van der Waals surface area contributed by atoms with Crippen LogP contribution in [0.4, 0.5) is 0 Å². The zero-order valence-corrected chi connectivity index (χ0v) is 12.3. The van der Waals surface area contributed by atoms with Gasteiger partial charge in [0.1, 0.15) is 5.65 Å². The summed E-state index contributed by atoms with van der Waals surface area (Å²) in [5.41, 5.74) is 2.78. The van der Waals surface area contributed by atoms with Gasteiger partial charge in [0.15, 0.2) is 0 Å². The van der Waals surface area contributed by atoms with Crippen molar-refractivity contribution < 1.29 is 0 Å². The van der Waals surface area contributed by atoms with Crippen LogP contribution in [-0.2, 0) is 0 Å². The third kappa shape index (κ3) is 2.20. The quantitative estimate of drug-likeness (QED) is 0.763. The Bertz CT molecular complexity index is 812. The second-order valence-corrected chi connectivity index (χ2v) is 6.33. The van der Waals surface area contributed by atoms with Crippen molar-refractivity contribution in [2.24, 2.45) is 0 Å². The molecule has 1 saturated heterocycles. The number of hydrogen-bond donors (Lipinski definition) is 2. The van der Waals surface area contributed by atoms with Crippen LogP contribution in [0.5, 0.6) is 0 Å². The van der Waals surface area contributed by atoms with E-state index in [9.17, 15) is 4.79 Å². The number of H-pyrrole nitrogens is 1. The van der Waals surface area contributed by atoms with Crippen LogP contribution >= 0.6 is 11.3 Å². The number of fused-ring (bicyclic) bond motifs is 1. The van der Waals surface area contributed by atoms with Crippen LogP contribution in [0.25, 0.3) is 16.1 Å². The number of thiophene rings is 1. The second-order valence-electron chi connectivity index (χ2n) is 5.38. The van der Waals surface area contributed by atoms with E-state index in [4.69, 9.17) is 0 Å². The average Bonchev–Trinajstić information content (AvgIpc) is 3.15. The van der Waals surface area contributed by atoms with E-state index >= 15 is 0 Å². The average molecular weight is 300 g/mol. The van der Waals surface area contributed by atoms with Crippen molar-refractivity contribution in [3.05, 3.63) is 45.8 Å². The molecule has 0 amide bonds. The van der Waals surface area contributed by atoms with Gasteiger partial charge < -0.3 is 10.3 Å². The lowest BCUT2D eigenvalue weighted by atomic mass is 9.94. The second kappa shape index (κ2) is 5.13. The van der Waals surface area contributed by atoms with Crippen molar-refractivity contribution >= 4 is 17.0 Å². The molecule has 0 bridgehead atoms. The van der Waals surface area contributed by atoms with Gasteiger partial charge in [-0.2, -0.15) is 5.10 Å². The minimum Gasteiger partial charge on any atom is -0.317 e. The molecule has 0 radical (unpaired) electrons. The monoisotopic (exact) mass is 300 g/mol. The van der Waals surface area contributed by atoms with Gasteiger partial charge in [-0.05, 0) is 37.4 Å². The van der Waals surface area contributed by atoms with E-state index in [0.29, 0.717) is 5.92 Å². The molecule has 3 aromatic heterocycles. The Morgan fingerprint density at radius 2 is 2.19 bits per heavy atom. The van der Waals surface area contributed by atoms with Crippen LogP contribution in [0.2, 0.25) is 0 Å². The number of piperidine rings is 1. The van der Waals surface area contributed by atoms with Crippen molar-refractivity contribution in [3.63, 3.8) is 0 Å². The van der Waals surface area contributed by atoms with Crippen LogP contribution in [0.15, 0.2) is 34.6 Å². The molecule has 4 rings (SSSR count). The molecule has 21 heavy (non-hydrogen) atoms. The minimum absolute atomic E-state index is 0.0469. The van der Waals surface area contributed by atoms with Crippen LogP contribution < -0.4 is 10.9 Å². The molecule has 5 nitrogen and oxygen atoms in total. The summed E-state index contributed by atoms with van der Waals surface area (Å²) in [5.74, 6) is 0.395. The van der Waals surface area contributed by atoms with E-state index in [1.807, 2.05) is 22.2 Å². The zero-order chi connectivity index (χ0) is 14.2. The summed E-state index contributed by atoms with van der Waals surface area (Å²) in [5, 5.41) is 9.92. The maximum absolute atomic E-state index is 12.1. The molecule has 3 aromatic rings. The first-order valence-corrected chi connectivity index (χ1v) is 8.06. The van der Waals surface area contributed by atoms with Crippen LogP contribution in [-0.4, -0.2) is 27.7 Å². The SMILES string of the molecule is O=c1cc(C2CCNCC2)n2ncc(-c3cccs3)c2[nH]1. The highest BCUT2D eigenvalue weighted by atomic mass is 32.1. The molecule has 4 heterocycles. The third-order valence-corrected chi connectivity index (χ3v) is 4.98. The first-order valence-electron chi connectivity index (χ1n) is 7.18. The van der Waals surface area contributed by atoms with E-state index in [2.05, 4.69) is 21.5 Å². The van der Waals surface area contributed by atoms with Crippen molar-refractivity contribution in [2.45, 2.75) is 18.8 Å². The predicted molar refractivity (Wildman–Crippen MR) is 84.0 cm³/mol. The minimum atomic E-state index is -0.0469. The lowest BCUT2D eigenvalue weighted by Gasteiger charge is -2.23. The van der Waals surface area contributed by atoms with Gasteiger partial charge in [0.25, 0.3) is 5.56 Å². The summed E-state index contributed by atoms with van der Waals surface area (Å²) >= 11 is 1.66. The molecule has 0 unspecified atom stereocenters. The van der Waals surface area contributed by atoms with Crippen LogP contribution in [0.3, 0.4) is 0 Å². The van der Waals surface area contributed by atoms with E-state index in [1.165, 1.54) is 0 Å². The molecule has 108 valence electrons. The van der Waals surface area contributed by atoms with Gasteiger partial charge >= 0.3 is 0 Å². The Balaban J connectivity index is 1.90. The third-order valence-electron chi connectivity index (χ3n) is 4.08. The molecule has 0 spiro atoms. The fourth-order valence-electron chi connectivity index (χ4n) is 3.03. The largest absolute Gasteiger partial charge is 0.317 e. The first-order chi connectivity index (χ1) is 10.3. The van der Waals surface area contributed by atoms with Crippen molar-refractivity contribution in [1.29, 1.82) is 0 Å². The molecule has 2 N–H and O–H groups in total. The van der Waals surface area contributed by atoms with Gasteiger partial charge in [-0.15, -0.1) is 11.3 Å². The summed E-state index contributed by atoms with van der Waals surface area (Å²) in [4.78, 5) is 16.1. The van der Waals surface area contributed by atoms with Crippen molar-refractivity contribution in [1.82, 2.24) is 19.9 Å². The van der Waals surface area contributed by atoms with Gasteiger partial charge in [-0.3, -0.25) is 4.79 Å². The Morgan fingerprint density at radius 3 is 2.95 bits per heavy atom. The van der Waals surface area contributed by atoms with Gasteiger partial charge in [0.05, 0.1) is 17.5 Å². The van der Waals surface area contributed by atoms with Crippen LogP contribution in [0.1, 0.15) is 24.5 Å². The molecular formula is C15H16N4OS. The normalized spacial score (nSPS) is 16.6. The Hall–Kier alpha value is -1.92.